The average molecular weight is 325 g/mol. The van der Waals surface area contributed by atoms with Gasteiger partial charge < -0.3 is 9.55 Å². The first kappa shape index (κ1) is 16.0. The first-order valence-electron chi connectivity index (χ1n) is 7.63. The van der Waals surface area contributed by atoms with Crippen LogP contribution >= 0.6 is 0 Å². The molecule has 0 fully saturated rings. The SMILES string of the molecule is C=Cc1c(C#N)c(-c2ccc(C#N)cc2)c(C=C)n1Cc1ncc[nH]1. The molecular formula is C20H15N5. The summed E-state index contributed by atoms with van der Waals surface area (Å²) in [5.74, 6) is 0.775. The van der Waals surface area contributed by atoms with Crippen LogP contribution in [-0.4, -0.2) is 14.5 Å². The average Bonchev–Trinajstić information content (AvgIpc) is 3.27. The second-order valence-corrected chi connectivity index (χ2v) is 5.35. The Morgan fingerprint density at radius 3 is 2.32 bits per heavy atom. The number of imidazole rings is 1. The molecule has 3 rings (SSSR count). The van der Waals surface area contributed by atoms with Crippen LogP contribution in [0.25, 0.3) is 23.3 Å². The highest BCUT2D eigenvalue weighted by Crippen LogP contribution is 2.34. The highest BCUT2D eigenvalue weighted by Gasteiger charge is 2.21. The number of benzene rings is 1. The van der Waals surface area contributed by atoms with E-state index in [-0.39, 0.29) is 0 Å². The molecule has 5 heteroatoms. The quantitative estimate of drug-likeness (QED) is 0.771. The smallest absolute Gasteiger partial charge is 0.126 e. The number of rotatable bonds is 5. The number of aromatic amines is 1. The zero-order chi connectivity index (χ0) is 17.8. The lowest BCUT2D eigenvalue weighted by molar-refractivity contribution is 0.748. The third-order valence-electron chi connectivity index (χ3n) is 4.01. The lowest BCUT2D eigenvalue weighted by Gasteiger charge is -2.08. The molecule has 0 aliphatic rings. The minimum Gasteiger partial charge on any atom is -0.347 e. The van der Waals surface area contributed by atoms with Crippen molar-refractivity contribution in [2.45, 2.75) is 6.54 Å². The lowest BCUT2D eigenvalue weighted by atomic mass is 9.99. The van der Waals surface area contributed by atoms with Gasteiger partial charge in [-0.1, -0.05) is 25.3 Å². The van der Waals surface area contributed by atoms with Crippen molar-refractivity contribution < 1.29 is 0 Å². The van der Waals surface area contributed by atoms with Crippen molar-refractivity contribution in [3.8, 4) is 23.3 Å². The largest absolute Gasteiger partial charge is 0.347 e. The fraction of sp³-hybridized carbons (Fsp3) is 0.0500. The summed E-state index contributed by atoms with van der Waals surface area (Å²) in [4.78, 5) is 7.33. The Bertz CT molecular complexity index is 1010. The number of nitrogens with zero attached hydrogens (tertiary/aromatic N) is 4. The van der Waals surface area contributed by atoms with E-state index in [0.29, 0.717) is 23.4 Å². The summed E-state index contributed by atoms with van der Waals surface area (Å²) >= 11 is 0. The molecule has 0 saturated heterocycles. The van der Waals surface area contributed by atoms with E-state index in [1.165, 1.54) is 0 Å². The molecule has 0 amide bonds. The summed E-state index contributed by atoms with van der Waals surface area (Å²) in [5, 5.41) is 18.7. The van der Waals surface area contributed by atoms with Crippen LogP contribution in [0.2, 0.25) is 0 Å². The van der Waals surface area contributed by atoms with E-state index in [1.54, 1.807) is 36.7 Å². The first-order valence-corrected chi connectivity index (χ1v) is 7.63. The number of H-pyrrole nitrogens is 1. The Morgan fingerprint density at radius 2 is 1.80 bits per heavy atom. The van der Waals surface area contributed by atoms with Crippen LogP contribution in [0.4, 0.5) is 0 Å². The van der Waals surface area contributed by atoms with Crippen LogP contribution in [0.3, 0.4) is 0 Å². The monoisotopic (exact) mass is 325 g/mol. The van der Waals surface area contributed by atoms with E-state index in [2.05, 4.69) is 35.3 Å². The maximum atomic E-state index is 9.73. The van der Waals surface area contributed by atoms with E-state index < -0.39 is 0 Å². The Balaban J connectivity index is 2.25. The second-order valence-electron chi connectivity index (χ2n) is 5.35. The second kappa shape index (κ2) is 6.74. The lowest BCUT2D eigenvalue weighted by Crippen LogP contribution is -2.05. The van der Waals surface area contributed by atoms with E-state index >= 15 is 0 Å². The number of hydrogen-bond donors (Lipinski definition) is 1. The number of nitriles is 2. The highest BCUT2D eigenvalue weighted by atomic mass is 15.0. The van der Waals surface area contributed by atoms with Gasteiger partial charge in [-0.2, -0.15) is 10.5 Å². The van der Waals surface area contributed by atoms with Crippen molar-refractivity contribution >= 4 is 12.2 Å². The molecule has 0 saturated carbocycles. The normalized spacial score (nSPS) is 10.0. The molecule has 0 unspecified atom stereocenters. The van der Waals surface area contributed by atoms with Crippen LogP contribution in [0.5, 0.6) is 0 Å². The number of hydrogen-bond acceptors (Lipinski definition) is 3. The van der Waals surface area contributed by atoms with Gasteiger partial charge in [0, 0.05) is 18.0 Å². The van der Waals surface area contributed by atoms with Crippen LogP contribution in [0.1, 0.15) is 28.3 Å². The van der Waals surface area contributed by atoms with E-state index in [4.69, 9.17) is 5.26 Å². The predicted molar refractivity (Wildman–Crippen MR) is 97.2 cm³/mol. The van der Waals surface area contributed by atoms with Gasteiger partial charge in [0.1, 0.15) is 11.9 Å². The third kappa shape index (κ3) is 2.75. The Morgan fingerprint density at radius 1 is 1.08 bits per heavy atom. The summed E-state index contributed by atoms with van der Waals surface area (Å²) in [6.45, 7) is 8.25. The standard InChI is InChI=1S/C20H15N5/c1-3-17-16(12-22)20(15-7-5-14(11-21)6-8-15)18(4-2)25(17)13-19-23-9-10-24-19/h3-10H,1-2,13H2,(H,23,24). The molecule has 120 valence electrons. The van der Waals surface area contributed by atoms with Gasteiger partial charge in [0.25, 0.3) is 0 Å². The van der Waals surface area contributed by atoms with Gasteiger partial charge in [-0.3, -0.25) is 0 Å². The summed E-state index contributed by atoms with van der Waals surface area (Å²) < 4.78 is 1.96. The van der Waals surface area contributed by atoms with Crippen LogP contribution in [-0.2, 0) is 6.54 Å². The van der Waals surface area contributed by atoms with Gasteiger partial charge in [-0.15, -0.1) is 0 Å². The summed E-state index contributed by atoms with van der Waals surface area (Å²) in [5.41, 5.74) is 4.26. The van der Waals surface area contributed by atoms with E-state index in [9.17, 15) is 5.26 Å². The summed E-state index contributed by atoms with van der Waals surface area (Å²) in [6.07, 6.45) is 6.84. The zero-order valence-corrected chi connectivity index (χ0v) is 13.5. The van der Waals surface area contributed by atoms with Crippen molar-refractivity contribution in [1.29, 1.82) is 10.5 Å². The van der Waals surface area contributed by atoms with Crippen molar-refractivity contribution in [3.63, 3.8) is 0 Å². The molecule has 2 aromatic heterocycles. The van der Waals surface area contributed by atoms with E-state index in [1.807, 2.05) is 16.7 Å². The van der Waals surface area contributed by atoms with Gasteiger partial charge in [0.05, 0.1) is 35.1 Å². The molecule has 1 aromatic carbocycles. The molecule has 0 bridgehead atoms. The highest BCUT2D eigenvalue weighted by molar-refractivity contribution is 5.83. The minimum absolute atomic E-state index is 0.473. The summed E-state index contributed by atoms with van der Waals surface area (Å²) in [6, 6.07) is 11.5. The van der Waals surface area contributed by atoms with Crippen molar-refractivity contribution in [3.05, 3.63) is 78.2 Å². The van der Waals surface area contributed by atoms with Gasteiger partial charge in [-0.25, -0.2) is 4.98 Å². The molecule has 1 N–H and O–H groups in total. The van der Waals surface area contributed by atoms with Gasteiger partial charge in [0.15, 0.2) is 0 Å². The topological polar surface area (TPSA) is 81.2 Å². The van der Waals surface area contributed by atoms with Crippen LogP contribution in [0.15, 0.2) is 49.8 Å². The maximum Gasteiger partial charge on any atom is 0.126 e. The van der Waals surface area contributed by atoms with Crippen molar-refractivity contribution in [2.24, 2.45) is 0 Å². The molecule has 0 spiro atoms. The molecule has 0 atom stereocenters. The van der Waals surface area contributed by atoms with Crippen LogP contribution in [0, 0.1) is 22.7 Å². The zero-order valence-electron chi connectivity index (χ0n) is 13.5. The predicted octanol–water partition coefficient (Wildman–Crippen LogP) is 3.96. The molecule has 25 heavy (non-hydrogen) atoms. The Labute approximate surface area is 145 Å². The molecule has 0 radical (unpaired) electrons. The molecule has 0 aliphatic carbocycles. The van der Waals surface area contributed by atoms with E-state index in [0.717, 1.165) is 22.6 Å². The number of aromatic nitrogens is 3. The van der Waals surface area contributed by atoms with Gasteiger partial charge >= 0.3 is 0 Å². The van der Waals surface area contributed by atoms with Crippen molar-refractivity contribution in [1.82, 2.24) is 14.5 Å². The fourth-order valence-corrected chi connectivity index (χ4v) is 2.90. The minimum atomic E-state index is 0.473. The van der Waals surface area contributed by atoms with Crippen molar-refractivity contribution in [2.75, 3.05) is 0 Å². The Kier molecular flexibility index (Phi) is 4.32. The summed E-state index contributed by atoms with van der Waals surface area (Å²) in [7, 11) is 0. The fourth-order valence-electron chi connectivity index (χ4n) is 2.90. The Hall–Kier alpha value is -3.83. The molecule has 3 aromatic rings. The van der Waals surface area contributed by atoms with Crippen LogP contribution < -0.4 is 0 Å². The molecule has 2 heterocycles. The third-order valence-corrected chi connectivity index (χ3v) is 4.01. The first-order chi connectivity index (χ1) is 12.2. The molecular weight excluding hydrogens is 310 g/mol. The van der Waals surface area contributed by atoms with Gasteiger partial charge in [0.2, 0.25) is 0 Å². The molecule has 0 aliphatic heterocycles. The number of nitrogens with one attached hydrogen (secondary N) is 1. The maximum absolute atomic E-state index is 9.73. The molecule has 5 nitrogen and oxygen atoms in total. The van der Waals surface area contributed by atoms with Gasteiger partial charge in [-0.05, 0) is 29.8 Å².